The second kappa shape index (κ2) is 19.1. The van der Waals surface area contributed by atoms with Crippen molar-refractivity contribution in [2.24, 2.45) is 20.5 Å². The van der Waals surface area contributed by atoms with Gasteiger partial charge in [0.2, 0.25) is 11.9 Å². The number of sulfone groups is 2. The normalized spacial score (nSPS) is 12.9. The molecule has 0 radical (unpaired) electrons. The molecule has 0 spiro atoms. The van der Waals surface area contributed by atoms with Gasteiger partial charge in [0.25, 0.3) is 40.5 Å². The standard InChI is InChI=1S/C37H31FN10O17S6/c1-4-48(21-8-7-9-22(17-21)66(50,51)5-2)37-42-35(38)41-36(43-37)40-20-10-13-26(68(54,55)56)25(16-20)45-47-33-29(71(63,64)65)15-19-14-28(70(60,61)62)32(31(39)30(19)34(33)49)46-44-24-12-11-23(67(52,53)6-3)18-27(24)69(57,58)59/h5-18,49H,2-4,39H2,1H3,(H,54,55,56)(H,57,58,59)(H,60,61,62)(H,63,64,65)(H,40,41,42,43)/b46-44+,47-45+. The maximum atomic E-state index is 14.9. The van der Waals surface area contributed by atoms with Crippen molar-refractivity contribution in [1.82, 2.24) is 15.0 Å². The van der Waals surface area contributed by atoms with Gasteiger partial charge in [-0.3, -0.25) is 18.2 Å². The lowest BCUT2D eigenvalue weighted by atomic mass is 10.1. The van der Waals surface area contributed by atoms with Crippen molar-refractivity contribution in [3.8, 4) is 5.75 Å². The number of aromatic nitrogens is 3. The molecule has 0 aliphatic heterocycles. The molecule has 34 heteroatoms. The van der Waals surface area contributed by atoms with Crippen LogP contribution in [0.2, 0.25) is 0 Å². The fraction of sp³-hybridized carbons (Fsp3) is 0.0541. The van der Waals surface area contributed by atoms with Gasteiger partial charge < -0.3 is 21.1 Å². The maximum Gasteiger partial charge on any atom is 0.315 e. The van der Waals surface area contributed by atoms with Gasteiger partial charge in [0.15, 0.2) is 25.4 Å². The molecular formula is C37H31FN10O17S6. The van der Waals surface area contributed by atoms with Gasteiger partial charge in [-0.15, -0.1) is 20.5 Å². The second-order valence-corrected chi connectivity index (χ2v) is 23.3. The number of hydrogen-bond acceptors (Lipinski definition) is 23. The first-order chi connectivity index (χ1) is 32.8. The van der Waals surface area contributed by atoms with Crippen LogP contribution in [-0.2, 0) is 60.1 Å². The molecule has 6 rings (SSSR count). The van der Waals surface area contributed by atoms with Gasteiger partial charge in [0, 0.05) is 28.7 Å². The van der Waals surface area contributed by atoms with Crippen LogP contribution >= 0.6 is 0 Å². The lowest BCUT2D eigenvalue weighted by molar-refractivity contribution is 0.472. The number of anilines is 5. The molecule has 374 valence electrons. The number of halogens is 1. The summed E-state index contributed by atoms with van der Waals surface area (Å²) in [4.78, 5) is 6.93. The van der Waals surface area contributed by atoms with Crippen molar-refractivity contribution >= 4 is 123 Å². The lowest BCUT2D eigenvalue weighted by Crippen LogP contribution is -2.20. The van der Waals surface area contributed by atoms with Crippen LogP contribution in [0.15, 0.2) is 147 Å². The molecule has 27 nitrogen and oxygen atoms in total. The molecule has 0 bridgehead atoms. The van der Waals surface area contributed by atoms with E-state index >= 15 is 0 Å². The van der Waals surface area contributed by atoms with E-state index in [1.54, 1.807) is 6.92 Å². The summed E-state index contributed by atoms with van der Waals surface area (Å²) in [7, 11) is -29.8. The molecule has 0 amide bonds. The Morgan fingerprint density at radius 2 is 1.20 bits per heavy atom. The van der Waals surface area contributed by atoms with Crippen molar-refractivity contribution in [2.75, 3.05) is 22.5 Å². The van der Waals surface area contributed by atoms with E-state index in [-0.39, 0.29) is 28.8 Å². The second-order valence-electron chi connectivity index (χ2n) is 13.9. The molecule has 0 aliphatic carbocycles. The summed E-state index contributed by atoms with van der Waals surface area (Å²) >= 11 is 0. The number of hydrogen-bond donors (Lipinski definition) is 7. The number of fused-ring (bicyclic) bond motifs is 1. The number of nitrogens with zero attached hydrogens (tertiary/aromatic N) is 8. The molecular weight excluding hydrogens is 1070 g/mol. The van der Waals surface area contributed by atoms with Crippen LogP contribution in [0.25, 0.3) is 10.8 Å². The molecule has 0 saturated heterocycles. The number of phenols is 1. The molecule has 0 atom stereocenters. The molecule has 0 saturated carbocycles. The molecule has 5 aromatic carbocycles. The van der Waals surface area contributed by atoms with Crippen LogP contribution < -0.4 is 16.0 Å². The van der Waals surface area contributed by atoms with E-state index in [4.69, 9.17) is 5.73 Å². The third-order valence-electron chi connectivity index (χ3n) is 9.47. The summed E-state index contributed by atoms with van der Waals surface area (Å²) in [6.07, 6.45) is -1.36. The number of nitrogen functional groups attached to an aromatic ring is 1. The van der Waals surface area contributed by atoms with Crippen LogP contribution in [0.4, 0.5) is 56.1 Å². The first-order valence-corrected chi connectivity index (χ1v) is 27.6. The average molecular weight is 1100 g/mol. The van der Waals surface area contributed by atoms with E-state index in [9.17, 15) is 78.2 Å². The Bertz CT molecular complexity index is 4030. The summed E-state index contributed by atoms with van der Waals surface area (Å²) < 4.78 is 205. The largest absolute Gasteiger partial charge is 0.505 e. The van der Waals surface area contributed by atoms with Gasteiger partial charge in [0.1, 0.15) is 42.3 Å². The smallest absolute Gasteiger partial charge is 0.315 e. The number of rotatable bonds is 17. The number of nitrogens with two attached hydrogens (primary N) is 1. The number of phenolic OH excluding ortho intramolecular Hbond substituents is 1. The number of azo groups is 2. The Morgan fingerprint density at radius 3 is 1.76 bits per heavy atom. The quantitative estimate of drug-likeness (QED) is 0.0312. The van der Waals surface area contributed by atoms with Crippen molar-refractivity contribution in [1.29, 1.82) is 0 Å². The van der Waals surface area contributed by atoms with Crippen LogP contribution in [-0.4, -0.2) is 95.3 Å². The SMILES string of the molecule is C=CS(=O)(=O)c1cccc(N(CC)c2nc(F)nc(Nc3ccc(S(=O)(=O)O)c(/N=N/c4c(S(=O)(=O)O)cc5cc(S(=O)(=O)O)c(/N=N/c6ccc(S(=O)(=O)C=C)cc6S(=O)(=O)O)c(N)c5c4O)c3)n2)c1. The van der Waals surface area contributed by atoms with E-state index < -0.39 is 142 Å². The summed E-state index contributed by atoms with van der Waals surface area (Å²) in [5.41, 5.74) is 1.07. The highest BCUT2D eigenvalue weighted by Crippen LogP contribution is 2.49. The molecule has 1 heterocycles. The fourth-order valence-electron chi connectivity index (χ4n) is 6.27. The van der Waals surface area contributed by atoms with Crippen LogP contribution in [0.5, 0.6) is 5.75 Å². The minimum atomic E-state index is -5.55. The zero-order valence-electron chi connectivity index (χ0n) is 35.3. The van der Waals surface area contributed by atoms with Gasteiger partial charge in [-0.1, -0.05) is 19.2 Å². The summed E-state index contributed by atoms with van der Waals surface area (Å²) in [6, 6.07) is 10.8. The Kier molecular flexibility index (Phi) is 14.3. The Morgan fingerprint density at radius 1 is 0.648 bits per heavy atom. The van der Waals surface area contributed by atoms with Gasteiger partial charge in [-0.2, -0.15) is 53.0 Å². The van der Waals surface area contributed by atoms with Gasteiger partial charge in [-0.05, 0) is 79.0 Å². The monoisotopic (exact) mass is 1100 g/mol. The lowest BCUT2D eigenvalue weighted by Gasteiger charge is -2.21. The van der Waals surface area contributed by atoms with E-state index in [2.05, 4.69) is 53.9 Å². The average Bonchev–Trinajstić information content (AvgIpc) is 3.27. The fourth-order valence-corrected chi connectivity index (χ4v) is 10.4. The zero-order chi connectivity index (χ0) is 52.8. The van der Waals surface area contributed by atoms with Crippen LogP contribution in [0.1, 0.15) is 6.92 Å². The first-order valence-electron chi connectivity index (χ1n) is 18.8. The molecule has 8 N–H and O–H groups in total. The highest BCUT2D eigenvalue weighted by molar-refractivity contribution is 7.94. The van der Waals surface area contributed by atoms with E-state index in [0.717, 1.165) is 29.7 Å². The number of aromatic hydroxyl groups is 1. The minimum absolute atomic E-state index is 0.0405. The van der Waals surface area contributed by atoms with E-state index in [1.165, 1.54) is 29.2 Å². The Hall–Kier alpha value is -7.28. The van der Waals surface area contributed by atoms with Gasteiger partial charge in [0.05, 0.1) is 20.9 Å². The van der Waals surface area contributed by atoms with Crippen molar-refractivity contribution in [2.45, 2.75) is 36.3 Å². The molecule has 0 aliphatic rings. The van der Waals surface area contributed by atoms with Gasteiger partial charge >= 0.3 is 6.08 Å². The summed E-state index contributed by atoms with van der Waals surface area (Å²) in [5, 5.41) is 28.1. The molecule has 0 fully saturated rings. The van der Waals surface area contributed by atoms with Crippen molar-refractivity contribution < 1.29 is 78.2 Å². The van der Waals surface area contributed by atoms with E-state index in [0.29, 0.717) is 29.7 Å². The molecule has 6 aromatic rings. The zero-order valence-corrected chi connectivity index (χ0v) is 40.2. The molecule has 71 heavy (non-hydrogen) atoms. The minimum Gasteiger partial charge on any atom is -0.505 e. The topological polar surface area (TPSA) is 435 Å². The van der Waals surface area contributed by atoms with Crippen molar-refractivity contribution in [3.63, 3.8) is 0 Å². The number of benzene rings is 5. The third kappa shape index (κ3) is 11.4. The first kappa shape index (κ1) is 53.1. The van der Waals surface area contributed by atoms with Crippen LogP contribution in [0, 0.1) is 6.08 Å². The maximum absolute atomic E-state index is 14.9. The van der Waals surface area contributed by atoms with Gasteiger partial charge in [-0.25, -0.2) is 16.8 Å². The number of nitrogens with one attached hydrogen (secondary N) is 1. The summed E-state index contributed by atoms with van der Waals surface area (Å²) in [5.74, 6) is -2.29. The highest BCUT2D eigenvalue weighted by Gasteiger charge is 2.29. The molecule has 0 unspecified atom stereocenters. The Balaban J connectivity index is 1.50. The summed E-state index contributed by atoms with van der Waals surface area (Å²) in [6.45, 7) is 8.02. The highest BCUT2D eigenvalue weighted by atomic mass is 32.2. The predicted octanol–water partition coefficient (Wildman–Crippen LogP) is 6.01. The third-order valence-corrected chi connectivity index (χ3v) is 15.7. The van der Waals surface area contributed by atoms with Crippen LogP contribution in [0.3, 0.4) is 0 Å². The molecule has 1 aromatic heterocycles. The Labute approximate surface area is 401 Å². The van der Waals surface area contributed by atoms with E-state index in [1.807, 2.05) is 0 Å². The predicted molar refractivity (Wildman–Crippen MR) is 247 cm³/mol. The van der Waals surface area contributed by atoms with Crippen molar-refractivity contribution in [3.05, 3.63) is 103 Å².